The first kappa shape index (κ1) is 33.2. The van der Waals surface area contributed by atoms with Crippen molar-refractivity contribution in [3.8, 4) is 22.6 Å². The number of amides is 1. The van der Waals surface area contributed by atoms with Crippen molar-refractivity contribution in [1.29, 1.82) is 0 Å². The Morgan fingerprint density at radius 3 is 2.34 bits per heavy atom. The zero-order valence-corrected chi connectivity index (χ0v) is 27.8. The molecule has 1 saturated heterocycles. The zero-order valence-electron chi connectivity index (χ0n) is 27.0. The molecule has 0 spiro atoms. The minimum atomic E-state index is -0.612. The first-order chi connectivity index (χ1) is 24.5. The summed E-state index contributed by atoms with van der Waals surface area (Å²) >= 11 is 1.49. The number of carbonyl (C=O) groups excluding carboxylic acids is 1. The number of phenols is 1. The summed E-state index contributed by atoms with van der Waals surface area (Å²) in [6, 6.07) is 40.0. The highest BCUT2D eigenvalue weighted by molar-refractivity contribution is 7.99. The monoisotopic (exact) mass is 685 g/mol. The van der Waals surface area contributed by atoms with Crippen molar-refractivity contribution >= 4 is 17.7 Å². The Labute approximate surface area is 293 Å². The van der Waals surface area contributed by atoms with E-state index in [4.69, 9.17) is 9.47 Å². The molecule has 1 aliphatic heterocycles. The summed E-state index contributed by atoms with van der Waals surface area (Å²) in [5.74, 6) is 0.639. The van der Waals surface area contributed by atoms with Gasteiger partial charge in [0.05, 0.1) is 24.5 Å². The van der Waals surface area contributed by atoms with E-state index in [9.17, 15) is 15.0 Å². The van der Waals surface area contributed by atoms with Gasteiger partial charge in [-0.1, -0.05) is 96.7 Å². The smallest absolute Gasteiger partial charge is 0.251 e. The fourth-order valence-corrected chi connectivity index (χ4v) is 6.69. The Kier molecular flexibility index (Phi) is 10.3. The first-order valence-corrected chi connectivity index (χ1v) is 17.2. The SMILES string of the molecule is O=C(NCc1cccc(-c2ccc(C3OC(CSc4nnnn4-c4ccc(O)cc4)CC(c4ccc(CO)cc4)O3)cc2)c1)c1ccccc1. The second-order valence-electron chi connectivity index (χ2n) is 11.9. The molecule has 11 heteroatoms. The molecule has 0 radical (unpaired) electrons. The number of nitrogens with zero attached hydrogens (tertiary/aromatic N) is 4. The number of thioether (sulfide) groups is 1. The van der Waals surface area contributed by atoms with Crippen LogP contribution in [0.3, 0.4) is 0 Å². The van der Waals surface area contributed by atoms with Crippen LogP contribution in [-0.2, 0) is 22.6 Å². The molecule has 5 aromatic carbocycles. The van der Waals surface area contributed by atoms with E-state index in [0.29, 0.717) is 29.4 Å². The van der Waals surface area contributed by atoms with Gasteiger partial charge >= 0.3 is 0 Å². The maximum atomic E-state index is 12.5. The Bertz CT molecular complexity index is 2020. The maximum absolute atomic E-state index is 12.5. The van der Waals surface area contributed by atoms with Crippen LogP contribution in [0, 0.1) is 0 Å². The van der Waals surface area contributed by atoms with Gasteiger partial charge in [0.1, 0.15) is 5.75 Å². The molecule has 1 fully saturated rings. The fourth-order valence-electron chi connectivity index (χ4n) is 5.78. The van der Waals surface area contributed by atoms with Crippen LogP contribution in [0.15, 0.2) is 133 Å². The van der Waals surface area contributed by atoms with Crippen molar-refractivity contribution in [3.05, 3.63) is 155 Å². The van der Waals surface area contributed by atoms with Crippen LogP contribution < -0.4 is 5.32 Å². The molecule has 1 aliphatic rings. The summed E-state index contributed by atoms with van der Waals surface area (Å²) in [4.78, 5) is 12.5. The number of tetrazole rings is 1. The molecule has 3 atom stereocenters. The molecule has 6 aromatic rings. The van der Waals surface area contributed by atoms with Crippen molar-refractivity contribution < 1.29 is 24.5 Å². The van der Waals surface area contributed by atoms with Crippen molar-refractivity contribution in [2.45, 2.75) is 43.2 Å². The largest absolute Gasteiger partial charge is 0.508 e. The number of rotatable bonds is 11. The number of carbonyl (C=O) groups is 1. The van der Waals surface area contributed by atoms with E-state index in [-0.39, 0.29) is 30.5 Å². The van der Waals surface area contributed by atoms with Gasteiger partial charge < -0.3 is 25.0 Å². The molecular formula is C39H35N5O5S. The minimum Gasteiger partial charge on any atom is -0.508 e. The van der Waals surface area contributed by atoms with Crippen molar-refractivity contribution in [3.63, 3.8) is 0 Å². The molecule has 10 nitrogen and oxygen atoms in total. The second kappa shape index (κ2) is 15.5. The topological polar surface area (TPSA) is 132 Å². The molecule has 0 aliphatic carbocycles. The molecule has 50 heavy (non-hydrogen) atoms. The first-order valence-electron chi connectivity index (χ1n) is 16.3. The molecule has 3 N–H and O–H groups in total. The van der Waals surface area contributed by atoms with Gasteiger partial charge in [-0.05, 0) is 80.7 Å². The Morgan fingerprint density at radius 1 is 0.820 bits per heavy atom. The number of hydrogen-bond donors (Lipinski definition) is 3. The van der Waals surface area contributed by atoms with Gasteiger partial charge in [-0.25, -0.2) is 0 Å². The maximum Gasteiger partial charge on any atom is 0.251 e. The van der Waals surface area contributed by atoms with Gasteiger partial charge in [-0.2, -0.15) is 4.68 Å². The summed E-state index contributed by atoms with van der Waals surface area (Å²) in [7, 11) is 0. The van der Waals surface area contributed by atoms with E-state index in [2.05, 4.69) is 45.1 Å². The lowest BCUT2D eigenvalue weighted by Gasteiger charge is -2.36. The standard InChI is InChI=1S/C39H35N5O5S/c45-24-26-9-11-29(12-10-26)36-22-35(25-50-39-41-42-43-44(39)33-17-19-34(46)20-18-33)48-38(49-36)31-15-13-28(14-16-31)32-8-4-5-27(21-32)23-40-37(47)30-6-2-1-3-7-30/h1-21,35-36,38,45-46H,22-25H2,(H,40,47). The zero-order chi connectivity index (χ0) is 34.3. The molecule has 1 amide bonds. The molecule has 252 valence electrons. The van der Waals surface area contributed by atoms with E-state index in [1.54, 1.807) is 41.1 Å². The number of aliphatic hydroxyl groups excluding tert-OH is 1. The van der Waals surface area contributed by atoms with Crippen molar-refractivity contribution in [2.24, 2.45) is 0 Å². The molecule has 0 saturated carbocycles. The van der Waals surface area contributed by atoms with Crippen LogP contribution in [0.4, 0.5) is 0 Å². The number of phenolic OH excluding ortho intramolecular Hbond substituents is 1. The van der Waals surface area contributed by atoms with Crippen molar-refractivity contribution in [1.82, 2.24) is 25.5 Å². The highest BCUT2D eigenvalue weighted by atomic mass is 32.2. The van der Waals surface area contributed by atoms with Gasteiger partial charge in [0.2, 0.25) is 5.16 Å². The number of benzene rings is 5. The van der Waals surface area contributed by atoms with E-state index in [1.807, 2.05) is 66.7 Å². The average Bonchev–Trinajstić information content (AvgIpc) is 3.65. The number of aromatic nitrogens is 4. The van der Waals surface area contributed by atoms with E-state index >= 15 is 0 Å². The summed E-state index contributed by atoms with van der Waals surface area (Å²) in [5.41, 5.74) is 7.18. The number of hydrogen-bond acceptors (Lipinski definition) is 9. The summed E-state index contributed by atoms with van der Waals surface area (Å²) in [6.45, 7) is 0.398. The van der Waals surface area contributed by atoms with Gasteiger partial charge in [0, 0.05) is 29.8 Å². The third-order valence-electron chi connectivity index (χ3n) is 8.48. The quantitative estimate of drug-likeness (QED) is 0.126. The lowest BCUT2D eigenvalue weighted by molar-refractivity contribution is -0.245. The Morgan fingerprint density at radius 2 is 1.58 bits per heavy atom. The Balaban J connectivity index is 1.06. The van der Waals surface area contributed by atoms with Crippen LogP contribution in [0.25, 0.3) is 16.8 Å². The number of nitrogens with one attached hydrogen (secondary N) is 1. The molecule has 1 aromatic heterocycles. The highest BCUT2D eigenvalue weighted by Gasteiger charge is 2.32. The van der Waals surface area contributed by atoms with Gasteiger partial charge in [-0.15, -0.1) is 5.10 Å². The summed E-state index contributed by atoms with van der Waals surface area (Å²) in [5, 5.41) is 35.1. The molecule has 7 rings (SSSR count). The predicted molar refractivity (Wildman–Crippen MR) is 189 cm³/mol. The summed E-state index contributed by atoms with van der Waals surface area (Å²) < 4.78 is 14.7. The minimum absolute atomic E-state index is 0.0237. The van der Waals surface area contributed by atoms with Crippen LogP contribution in [-0.4, -0.2) is 48.2 Å². The highest BCUT2D eigenvalue weighted by Crippen LogP contribution is 2.40. The fraction of sp³-hybridized carbons (Fsp3) is 0.179. The number of aromatic hydroxyl groups is 1. The number of ether oxygens (including phenoxy) is 2. The summed E-state index contributed by atoms with van der Waals surface area (Å²) in [6.07, 6.45) is -0.413. The normalized spacial score (nSPS) is 17.3. The Hall–Kier alpha value is -5.33. The predicted octanol–water partition coefficient (Wildman–Crippen LogP) is 6.79. The van der Waals surface area contributed by atoms with E-state index < -0.39 is 6.29 Å². The molecule has 2 heterocycles. The van der Waals surface area contributed by atoms with E-state index in [0.717, 1.165) is 39.1 Å². The molecular weight excluding hydrogens is 651 g/mol. The van der Waals surface area contributed by atoms with Crippen LogP contribution in [0.1, 0.15) is 51.4 Å². The van der Waals surface area contributed by atoms with Gasteiger partial charge in [0.15, 0.2) is 6.29 Å². The lowest BCUT2D eigenvalue weighted by atomic mass is 9.99. The molecule has 3 unspecified atom stereocenters. The lowest BCUT2D eigenvalue weighted by Crippen LogP contribution is -2.31. The second-order valence-corrected chi connectivity index (χ2v) is 12.9. The third-order valence-corrected chi connectivity index (χ3v) is 9.53. The van der Waals surface area contributed by atoms with Gasteiger partial charge in [-0.3, -0.25) is 4.79 Å². The number of aliphatic hydroxyl groups is 1. The van der Waals surface area contributed by atoms with Gasteiger partial charge in [0.25, 0.3) is 5.91 Å². The molecule has 0 bridgehead atoms. The van der Waals surface area contributed by atoms with Crippen LogP contribution in [0.5, 0.6) is 5.75 Å². The van der Waals surface area contributed by atoms with E-state index in [1.165, 1.54) is 11.8 Å². The van der Waals surface area contributed by atoms with Crippen LogP contribution in [0.2, 0.25) is 0 Å². The third kappa shape index (κ3) is 7.93. The van der Waals surface area contributed by atoms with Crippen LogP contribution >= 0.6 is 11.8 Å². The van der Waals surface area contributed by atoms with Crippen molar-refractivity contribution in [2.75, 3.05) is 5.75 Å². The average molecular weight is 686 g/mol.